The molecule has 0 spiro atoms. The Bertz CT molecular complexity index is 930. The highest BCUT2D eigenvalue weighted by Gasteiger charge is 2.12. The molecule has 3 rings (SSSR count). The summed E-state index contributed by atoms with van der Waals surface area (Å²) in [6.07, 6.45) is 1.61. The van der Waals surface area contributed by atoms with E-state index in [-0.39, 0.29) is 5.91 Å². The van der Waals surface area contributed by atoms with Crippen LogP contribution < -0.4 is 15.4 Å². The summed E-state index contributed by atoms with van der Waals surface area (Å²) in [5, 5.41) is 6.86. The third-order valence-electron chi connectivity index (χ3n) is 3.56. The van der Waals surface area contributed by atoms with Crippen LogP contribution in [-0.2, 0) is 0 Å². The molecule has 0 saturated carbocycles. The molecule has 0 aliphatic carbocycles. The molecule has 0 aliphatic heterocycles. The Kier molecular flexibility index (Phi) is 5.61. The summed E-state index contributed by atoms with van der Waals surface area (Å²) < 4.78 is 5.20. The minimum absolute atomic E-state index is 0.292. The molecule has 3 aromatic rings. The maximum Gasteiger partial charge on any atom is 0.260 e. The molecule has 0 bridgehead atoms. The first-order valence-corrected chi connectivity index (χ1v) is 8.45. The van der Waals surface area contributed by atoms with Gasteiger partial charge in [0.05, 0.1) is 34.6 Å². The second-order valence-electron chi connectivity index (χ2n) is 5.34. The standard InChI is InChI=1S/C19H15Cl2N3O2/c1-26-17-5-3-2-4-14(17)19(25)24-18-9-7-13(11-22-18)23-12-6-8-15(20)16(21)10-12/h2-11,23H,1H3,(H,22,24,25). The molecular formula is C19H15Cl2N3O2. The normalized spacial score (nSPS) is 10.3. The van der Waals surface area contributed by atoms with Gasteiger partial charge in [-0.25, -0.2) is 4.98 Å². The number of carbonyl (C=O) groups excluding carboxylic acids is 1. The van der Waals surface area contributed by atoms with Gasteiger partial charge in [0.25, 0.3) is 5.91 Å². The minimum Gasteiger partial charge on any atom is -0.496 e. The lowest BCUT2D eigenvalue weighted by Gasteiger charge is -2.10. The third kappa shape index (κ3) is 4.25. The maximum atomic E-state index is 12.4. The number of hydrogen-bond acceptors (Lipinski definition) is 4. The molecule has 0 radical (unpaired) electrons. The van der Waals surface area contributed by atoms with E-state index in [9.17, 15) is 4.79 Å². The van der Waals surface area contributed by atoms with Gasteiger partial charge in [-0.2, -0.15) is 0 Å². The van der Waals surface area contributed by atoms with Crippen LogP contribution in [0, 0.1) is 0 Å². The highest BCUT2D eigenvalue weighted by molar-refractivity contribution is 6.42. The van der Waals surface area contributed by atoms with Crippen LogP contribution in [0.3, 0.4) is 0 Å². The van der Waals surface area contributed by atoms with Gasteiger partial charge in [0.15, 0.2) is 0 Å². The first kappa shape index (κ1) is 18.0. The van der Waals surface area contributed by atoms with Crippen LogP contribution in [0.25, 0.3) is 0 Å². The molecule has 1 amide bonds. The number of methoxy groups -OCH3 is 1. The summed E-state index contributed by atoms with van der Waals surface area (Å²) in [6, 6.07) is 15.7. The number of halogens is 2. The Labute approximate surface area is 160 Å². The third-order valence-corrected chi connectivity index (χ3v) is 4.30. The molecule has 2 aromatic carbocycles. The lowest BCUT2D eigenvalue weighted by Crippen LogP contribution is -2.14. The minimum atomic E-state index is -0.292. The summed E-state index contributed by atoms with van der Waals surface area (Å²) in [7, 11) is 1.52. The van der Waals surface area contributed by atoms with Crippen LogP contribution in [0.5, 0.6) is 5.75 Å². The van der Waals surface area contributed by atoms with Crippen molar-refractivity contribution in [2.75, 3.05) is 17.7 Å². The van der Waals surface area contributed by atoms with Crippen molar-refractivity contribution in [3.8, 4) is 5.75 Å². The van der Waals surface area contributed by atoms with Crippen molar-refractivity contribution in [3.63, 3.8) is 0 Å². The smallest absolute Gasteiger partial charge is 0.260 e. The van der Waals surface area contributed by atoms with Crippen molar-refractivity contribution in [1.82, 2.24) is 4.98 Å². The van der Waals surface area contributed by atoms with Crippen LogP contribution in [-0.4, -0.2) is 18.0 Å². The molecule has 132 valence electrons. The summed E-state index contributed by atoms with van der Waals surface area (Å²) in [5.41, 5.74) is 1.97. The van der Waals surface area contributed by atoms with E-state index < -0.39 is 0 Å². The van der Waals surface area contributed by atoms with E-state index in [0.717, 1.165) is 11.4 Å². The number of nitrogens with zero attached hydrogens (tertiary/aromatic N) is 1. The van der Waals surface area contributed by atoms with E-state index in [1.54, 1.807) is 54.7 Å². The molecule has 7 heteroatoms. The van der Waals surface area contributed by atoms with E-state index in [0.29, 0.717) is 27.2 Å². The SMILES string of the molecule is COc1ccccc1C(=O)Nc1ccc(Nc2ccc(Cl)c(Cl)c2)cn1. The monoisotopic (exact) mass is 387 g/mol. The Morgan fingerprint density at radius 3 is 2.46 bits per heavy atom. The average molecular weight is 388 g/mol. The topological polar surface area (TPSA) is 63.2 Å². The molecule has 1 heterocycles. The molecule has 0 fully saturated rings. The van der Waals surface area contributed by atoms with E-state index in [4.69, 9.17) is 27.9 Å². The molecule has 0 aliphatic rings. The lowest BCUT2D eigenvalue weighted by atomic mass is 10.2. The van der Waals surface area contributed by atoms with Crippen molar-refractivity contribution >= 4 is 46.3 Å². The van der Waals surface area contributed by atoms with E-state index in [1.807, 2.05) is 6.07 Å². The Morgan fingerprint density at radius 1 is 1.00 bits per heavy atom. The van der Waals surface area contributed by atoms with Gasteiger partial charge in [-0.3, -0.25) is 4.79 Å². The summed E-state index contributed by atoms with van der Waals surface area (Å²) in [4.78, 5) is 16.6. The molecule has 0 atom stereocenters. The van der Waals surface area contributed by atoms with E-state index in [2.05, 4.69) is 15.6 Å². The fourth-order valence-corrected chi connectivity index (χ4v) is 2.60. The molecule has 1 aromatic heterocycles. The van der Waals surface area contributed by atoms with Crippen molar-refractivity contribution in [2.45, 2.75) is 0 Å². The Morgan fingerprint density at radius 2 is 1.77 bits per heavy atom. The number of nitrogens with one attached hydrogen (secondary N) is 2. The second kappa shape index (κ2) is 8.08. The fraction of sp³-hybridized carbons (Fsp3) is 0.0526. The number of ether oxygens (including phenoxy) is 1. The van der Waals surface area contributed by atoms with Crippen molar-refractivity contribution in [1.29, 1.82) is 0 Å². The quantitative estimate of drug-likeness (QED) is 0.615. The number of amides is 1. The Hall–Kier alpha value is -2.76. The molecule has 2 N–H and O–H groups in total. The van der Waals surface area contributed by atoms with E-state index in [1.165, 1.54) is 7.11 Å². The van der Waals surface area contributed by atoms with Gasteiger partial charge in [0, 0.05) is 5.69 Å². The van der Waals surface area contributed by atoms with Crippen LogP contribution in [0.4, 0.5) is 17.2 Å². The van der Waals surface area contributed by atoms with Gasteiger partial charge in [-0.05, 0) is 42.5 Å². The second-order valence-corrected chi connectivity index (χ2v) is 6.15. The van der Waals surface area contributed by atoms with Crippen molar-refractivity contribution in [3.05, 3.63) is 76.4 Å². The lowest BCUT2D eigenvalue weighted by molar-refractivity contribution is 0.102. The molecule has 0 saturated heterocycles. The van der Waals surface area contributed by atoms with Crippen LogP contribution in [0.1, 0.15) is 10.4 Å². The number of anilines is 3. The zero-order valence-electron chi connectivity index (χ0n) is 13.8. The van der Waals surface area contributed by atoms with Gasteiger partial charge >= 0.3 is 0 Å². The van der Waals surface area contributed by atoms with Gasteiger partial charge < -0.3 is 15.4 Å². The van der Waals surface area contributed by atoms with Crippen LogP contribution >= 0.6 is 23.2 Å². The van der Waals surface area contributed by atoms with Crippen molar-refractivity contribution < 1.29 is 9.53 Å². The first-order valence-electron chi connectivity index (χ1n) is 7.69. The van der Waals surface area contributed by atoms with Crippen molar-refractivity contribution in [2.24, 2.45) is 0 Å². The fourth-order valence-electron chi connectivity index (χ4n) is 2.30. The maximum absolute atomic E-state index is 12.4. The number of pyridine rings is 1. The van der Waals surface area contributed by atoms with Crippen LogP contribution in [0.15, 0.2) is 60.8 Å². The predicted molar refractivity (Wildman–Crippen MR) is 105 cm³/mol. The number of aromatic nitrogens is 1. The zero-order chi connectivity index (χ0) is 18.5. The van der Waals surface area contributed by atoms with Crippen LogP contribution in [0.2, 0.25) is 10.0 Å². The van der Waals surface area contributed by atoms with E-state index >= 15 is 0 Å². The molecule has 26 heavy (non-hydrogen) atoms. The number of carbonyl (C=O) groups is 1. The zero-order valence-corrected chi connectivity index (χ0v) is 15.3. The van der Waals surface area contributed by atoms with Gasteiger partial charge in [-0.1, -0.05) is 35.3 Å². The number of para-hydroxylation sites is 1. The highest BCUT2D eigenvalue weighted by atomic mass is 35.5. The molecule has 5 nitrogen and oxygen atoms in total. The first-order chi connectivity index (χ1) is 12.6. The summed E-state index contributed by atoms with van der Waals surface area (Å²) in [6.45, 7) is 0. The van der Waals surface area contributed by atoms with Gasteiger partial charge in [0.1, 0.15) is 11.6 Å². The molecule has 0 unspecified atom stereocenters. The summed E-state index contributed by atoms with van der Waals surface area (Å²) >= 11 is 11.9. The highest BCUT2D eigenvalue weighted by Crippen LogP contribution is 2.27. The van der Waals surface area contributed by atoms with Gasteiger partial charge in [0.2, 0.25) is 0 Å². The summed E-state index contributed by atoms with van der Waals surface area (Å²) in [5.74, 6) is 0.642. The predicted octanol–water partition coefficient (Wildman–Crippen LogP) is 5.39. The Balaban J connectivity index is 1.69. The largest absolute Gasteiger partial charge is 0.496 e. The average Bonchev–Trinajstić information content (AvgIpc) is 2.66. The number of rotatable bonds is 5. The number of benzene rings is 2. The van der Waals surface area contributed by atoms with Gasteiger partial charge in [-0.15, -0.1) is 0 Å². The molecular weight excluding hydrogens is 373 g/mol. The number of hydrogen-bond donors (Lipinski definition) is 2.